The van der Waals surface area contributed by atoms with Crippen LogP contribution in [0.4, 0.5) is 21.5 Å². The molecule has 1 aliphatic carbocycles. The molecule has 0 spiro atoms. The molecule has 4 unspecified atom stereocenters. The minimum absolute atomic E-state index is 0.0812. The molecule has 12 heteroatoms. The van der Waals surface area contributed by atoms with Crippen LogP contribution in [-0.4, -0.2) is 97.3 Å². The molecule has 2 amide bonds. The first-order valence-corrected chi connectivity index (χ1v) is 21.3. The second kappa shape index (κ2) is 16.0. The molecule has 6 heterocycles. The van der Waals surface area contributed by atoms with Crippen LogP contribution in [0.5, 0.6) is 5.88 Å². The number of piperazine rings is 1. The van der Waals surface area contributed by atoms with Crippen LogP contribution in [0.3, 0.4) is 0 Å². The average Bonchev–Trinajstić information content (AvgIpc) is 3.19. The number of anilines is 3. The van der Waals surface area contributed by atoms with Crippen molar-refractivity contribution in [2.24, 2.45) is 5.92 Å². The Bertz CT molecular complexity index is 2130. The van der Waals surface area contributed by atoms with Gasteiger partial charge in [0.05, 0.1) is 30.4 Å². The van der Waals surface area contributed by atoms with Gasteiger partial charge in [-0.05, 0) is 92.3 Å². The molecule has 4 N–H and O–H groups in total. The van der Waals surface area contributed by atoms with Crippen LogP contribution in [0.2, 0.25) is 0 Å². The van der Waals surface area contributed by atoms with Gasteiger partial charge in [0.2, 0.25) is 17.7 Å². The summed E-state index contributed by atoms with van der Waals surface area (Å²) in [4.78, 5) is 37.5. The van der Waals surface area contributed by atoms with Crippen molar-refractivity contribution in [3.05, 3.63) is 100 Å². The van der Waals surface area contributed by atoms with E-state index in [1.807, 2.05) is 23.2 Å². The minimum Gasteiger partial charge on any atom is -0.474 e. The van der Waals surface area contributed by atoms with E-state index in [9.17, 15) is 9.59 Å². The highest BCUT2D eigenvalue weighted by Gasteiger charge is 2.38. The maximum atomic E-state index is 15.3. The standard InChI is InChI=1S/C46H57FN8O3/c1-27-20-35(51-44-28(2)19-33-11-13-55(26-40(33)52-44)41-25-49-46-43(30(41)4)48-12-18-58-46)8-6-31(27)24-42(56)54-16-14-53(15-17-54)36-21-34(22-36)37-10-7-32(23-39(37)47)38-9-5-29(3)50-45(38)57/h6-8,10,19-20,23,25,28,34,36,38,40,44,48,51-52H,3,5,9,11-18,21-22,24,26H2,1-2,4H3,(H,50,57). The average molecular weight is 789 g/mol. The van der Waals surface area contributed by atoms with E-state index in [-0.39, 0.29) is 41.7 Å². The van der Waals surface area contributed by atoms with Gasteiger partial charge in [-0.25, -0.2) is 9.37 Å². The number of rotatable bonds is 8. The van der Waals surface area contributed by atoms with Crippen molar-refractivity contribution in [3.63, 3.8) is 0 Å². The first kappa shape index (κ1) is 38.6. The number of fused-ring (bicyclic) bond motifs is 2. The molecule has 2 aromatic carbocycles. The minimum atomic E-state index is -0.324. The molecule has 1 saturated carbocycles. The zero-order valence-corrected chi connectivity index (χ0v) is 34.1. The number of piperidine rings is 2. The summed E-state index contributed by atoms with van der Waals surface area (Å²) < 4.78 is 21.0. The first-order chi connectivity index (χ1) is 28.1. The van der Waals surface area contributed by atoms with E-state index in [0.29, 0.717) is 50.4 Å². The molecule has 0 radical (unpaired) electrons. The molecule has 11 nitrogen and oxygen atoms in total. The van der Waals surface area contributed by atoms with Crippen LogP contribution in [0.25, 0.3) is 0 Å². The lowest BCUT2D eigenvalue weighted by Crippen LogP contribution is -2.57. The summed E-state index contributed by atoms with van der Waals surface area (Å²) in [6, 6.07) is 12.4. The van der Waals surface area contributed by atoms with Crippen molar-refractivity contribution >= 4 is 28.9 Å². The van der Waals surface area contributed by atoms with Crippen molar-refractivity contribution in [3.8, 4) is 5.88 Å². The van der Waals surface area contributed by atoms with Gasteiger partial charge in [0.25, 0.3) is 0 Å². The second-order valence-electron chi connectivity index (χ2n) is 17.4. The maximum absolute atomic E-state index is 15.3. The Hall–Kier alpha value is -4.94. The SMILES string of the molecule is C=C1CCC(c2ccc(C3CC(N4CCN(C(=O)Cc5ccc(NC6NC7CN(c8cnc9c(c8C)NCCO9)CCC7=CC6C)cc5C)CC4)C3)c(F)c2)C(=O)N1. The number of pyridine rings is 1. The molecule has 0 bridgehead atoms. The zero-order chi connectivity index (χ0) is 40.1. The smallest absolute Gasteiger partial charge is 0.237 e. The molecule has 58 heavy (non-hydrogen) atoms. The summed E-state index contributed by atoms with van der Waals surface area (Å²) >= 11 is 0. The molecule has 9 rings (SSSR count). The summed E-state index contributed by atoms with van der Waals surface area (Å²) in [7, 11) is 0. The Kier molecular flexibility index (Phi) is 10.7. The van der Waals surface area contributed by atoms with Gasteiger partial charge in [-0.2, -0.15) is 0 Å². The van der Waals surface area contributed by atoms with Gasteiger partial charge in [-0.1, -0.05) is 43.4 Å². The predicted molar refractivity (Wildman–Crippen MR) is 226 cm³/mol. The van der Waals surface area contributed by atoms with Crippen LogP contribution >= 0.6 is 0 Å². The summed E-state index contributed by atoms with van der Waals surface area (Å²) in [6.07, 6.45) is 9.12. The van der Waals surface area contributed by atoms with E-state index in [4.69, 9.17) is 4.74 Å². The maximum Gasteiger partial charge on any atom is 0.237 e. The van der Waals surface area contributed by atoms with Gasteiger partial charge < -0.3 is 30.5 Å². The Morgan fingerprint density at radius 1 is 1.07 bits per heavy atom. The predicted octanol–water partition coefficient (Wildman–Crippen LogP) is 5.96. The summed E-state index contributed by atoms with van der Waals surface area (Å²) in [6.45, 7) is 16.8. The Morgan fingerprint density at radius 3 is 2.67 bits per heavy atom. The summed E-state index contributed by atoms with van der Waals surface area (Å²) in [5.41, 5.74) is 10.3. The van der Waals surface area contributed by atoms with Gasteiger partial charge in [0.15, 0.2) is 0 Å². The van der Waals surface area contributed by atoms with Crippen molar-refractivity contribution in [1.29, 1.82) is 0 Å². The number of carbonyl (C=O) groups is 2. The largest absolute Gasteiger partial charge is 0.474 e. The molecule has 1 aromatic heterocycles. The molecule has 3 saturated heterocycles. The number of amides is 2. The number of hydrogen-bond donors (Lipinski definition) is 4. The van der Waals surface area contributed by atoms with Crippen LogP contribution in [0.15, 0.2) is 66.5 Å². The molecule has 6 aliphatic rings. The highest BCUT2D eigenvalue weighted by atomic mass is 19.1. The van der Waals surface area contributed by atoms with Crippen LogP contribution < -0.4 is 30.9 Å². The number of nitrogens with one attached hydrogen (secondary N) is 4. The number of benzene rings is 2. The van der Waals surface area contributed by atoms with Gasteiger partial charge in [0, 0.05) is 80.8 Å². The van der Waals surface area contributed by atoms with Gasteiger partial charge >= 0.3 is 0 Å². The zero-order valence-electron chi connectivity index (χ0n) is 34.1. The van der Waals surface area contributed by atoms with Crippen molar-refractivity contribution in [2.75, 3.05) is 68.0 Å². The summed E-state index contributed by atoms with van der Waals surface area (Å²) in [5.74, 6) is 0.744. The number of aryl methyl sites for hydroxylation is 1. The van der Waals surface area contributed by atoms with Crippen LogP contribution in [-0.2, 0) is 16.0 Å². The van der Waals surface area contributed by atoms with E-state index in [1.165, 1.54) is 11.1 Å². The van der Waals surface area contributed by atoms with Crippen molar-refractivity contribution in [1.82, 2.24) is 25.4 Å². The highest BCUT2D eigenvalue weighted by molar-refractivity contribution is 5.86. The monoisotopic (exact) mass is 788 g/mol. The fourth-order valence-corrected chi connectivity index (χ4v) is 10.0. The van der Waals surface area contributed by atoms with E-state index in [2.05, 4.69) is 87.7 Å². The Morgan fingerprint density at radius 2 is 1.90 bits per heavy atom. The van der Waals surface area contributed by atoms with E-state index in [1.54, 1.807) is 6.07 Å². The number of aromatic nitrogens is 1. The lowest BCUT2D eigenvalue weighted by atomic mass is 9.74. The molecule has 5 aliphatic heterocycles. The molecular formula is C46H57FN8O3. The highest BCUT2D eigenvalue weighted by Crippen LogP contribution is 2.42. The first-order valence-electron chi connectivity index (χ1n) is 21.3. The molecule has 306 valence electrons. The van der Waals surface area contributed by atoms with E-state index >= 15 is 4.39 Å². The molecule has 4 fully saturated rings. The lowest BCUT2D eigenvalue weighted by Gasteiger charge is -2.46. The third-order valence-corrected chi connectivity index (χ3v) is 13.7. The van der Waals surface area contributed by atoms with E-state index in [0.717, 1.165) is 103 Å². The molecular weight excluding hydrogens is 732 g/mol. The third kappa shape index (κ3) is 7.68. The number of carbonyl (C=O) groups excluding carboxylic acids is 2. The topological polar surface area (TPSA) is 114 Å². The third-order valence-electron chi connectivity index (χ3n) is 13.7. The van der Waals surface area contributed by atoms with Crippen LogP contribution in [0, 0.1) is 25.6 Å². The normalized spacial score (nSPS) is 27.3. The Labute approximate surface area is 341 Å². The van der Waals surface area contributed by atoms with Gasteiger partial charge in [0.1, 0.15) is 18.1 Å². The van der Waals surface area contributed by atoms with Gasteiger partial charge in [-0.3, -0.25) is 19.8 Å². The second-order valence-corrected chi connectivity index (χ2v) is 17.4. The Balaban J connectivity index is 0.743. The quantitative estimate of drug-likeness (QED) is 0.206. The van der Waals surface area contributed by atoms with Crippen LogP contribution in [0.1, 0.15) is 78.7 Å². The molecule has 3 aromatic rings. The number of hydrogen-bond acceptors (Lipinski definition) is 9. The lowest BCUT2D eigenvalue weighted by molar-refractivity contribution is -0.133. The number of allylic oxidation sites excluding steroid dienone is 1. The van der Waals surface area contributed by atoms with Gasteiger partial charge in [-0.15, -0.1) is 0 Å². The number of ether oxygens (including phenoxy) is 1. The number of nitrogens with zero attached hydrogens (tertiary/aromatic N) is 4. The summed E-state index contributed by atoms with van der Waals surface area (Å²) in [5, 5.41) is 14.0. The molecule has 4 atom stereocenters. The number of halogens is 1. The van der Waals surface area contributed by atoms with Crippen molar-refractivity contribution in [2.45, 2.75) is 89.4 Å². The van der Waals surface area contributed by atoms with Crippen molar-refractivity contribution < 1.29 is 18.7 Å². The fraction of sp³-hybridized carbons (Fsp3) is 0.500. The van der Waals surface area contributed by atoms with E-state index < -0.39 is 0 Å². The fourth-order valence-electron chi connectivity index (χ4n) is 10.0.